The Morgan fingerprint density at radius 3 is 2.14 bits per heavy atom. The van der Waals surface area contributed by atoms with Crippen molar-refractivity contribution in [2.24, 2.45) is 11.5 Å². The highest BCUT2D eigenvalue weighted by Gasteiger charge is 2.32. The normalized spacial score (nSPS) is 14.9. The molecule has 5 unspecified atom stereocenters. The van der Waals surface area contributed by atoms with Gasteiger partial charge in [-0.1, -0.05) is 30.3 Å². The van der Waals surface area contributed by atoms with E-state index in [0.717, 1.165) is 6.92 Å². The molecule has 0 fully saturated rings. The number of nitrogens with zero attached hydrogens (tertiary/aromatic N) is 1. The van der Waals surface area contributed by atoms with E-state index >= 15 is 0 Å². The maximum atomic E-state index is 13.2. The molecule has 200 valence electrons. The van der Waals surface area contributed by atoms with Crippen molar-refractivity contribution in [2.75, 3.05) is 0 Å². The van der Waals surface area contributed by atoms with Crippen LogP contribution in [-0.4, -0.2) is 80.1 Å². The molecule has 10 N–H and O–H groups in total. The minimum atomic E-state index is -1.69. The zero-order valence-electron chi connectivity index (χ0n) is 20.1. The Balaban J connectivity index is 2.21. The average Bonchev–Trinajstić information content (AvgIpc) is 3.34. The fourth-order valence-corrected chi connectivity index (χ4v) is 3.39. The van der Waals surface area contributed by atoms with Gasteiger partial charge < -0.3 is 42.6 Å². The van der Waals surface area contributed by atoms with Crippen molar-refractivity contribution in [3.05, 3.63) is 54.1 Å². The highest BCUT2D eigenvalue weighted by molar-refractivity contribution is 5.96. The lowest BCUT2D eigenvalue weighted by molar-refractivity contribution is -0.145. The summed E-state index contributed by atoms with van der Waals surface area (Å²) in [5.74, 6) is -5.01. The summed E-state index contributed by atoms with van der Waals surface area (Å²) in [5.41, 5.74) is 12.5. The Morgan fingerprint density at radius 1 is 0.973 bits per heavy atom. The van der Waals surface area contributed by atoms with E-state index in [-0.39, 0.29) is 12.8 Å². The number of aromatic amines is 1. The number of benzene rings is 1. The van der Waals surface area contributed by atoms with Gasteiger partial charge in [0.1, 0.15) is 12.1 Å². The van der Waals surface area contributed by atoms with Crippen LogP contribution in [0.4, 0.5) is 0 Å². The molecule has 2 rings (SSSR count). The fourth-order valence-electron chi connectivity index (χ4n) is 3.39. The number of aliphatic carboxylic acids is 1. The molecule has 1 heterocycles. The van der Waals surface area contributed by atoms with Crippen LogP contribution in [0.25, 0.3) is 0 Å². The van der Waals surface area contributed by atoms with E-state index in [4.69, 9.17) is 11.5 Å². The number of hydrogen-bond donors (Lipinski definition) is 8. The number of carbonyl (C=O) groups is 5. The van der Waals surface area contributed by atoms with Crippen LogP contribution in [0.3, 0.4) is 0 Å². The number of primary amides is 1. The molecule has 0 aliphatic rings. The van der Waals surface area contributed by atoms with E-state index in [1.54, 1.807) is 30.3 Å². The molecule has 4 amide bonds. The van der Waals surface area contributed by atoms with Crippen LogP contribution >= 0.6 is 0 Å². The second-order valence-corrected chi connectivity index (χ2v) is 8.44. The van der Waals surface area contributed by atoms with Crippen molar-refractivity contribution in [3.8, 4) is 0 Å². The number of H-pyrrole nitrogens is 1. The van der Waals surface area contributed by atoms with Crippen LogP contribution in [0.1, 0.15) is 24.6 Å². The zero-order chi connectivity index (χ0) is 27.5. The molecule has 0 aliphatic carbocycles. The molecule has 0 aliphatic heterocycles. The molecule has 5 atom stereocenters. The summed E-state index contributed by atoms with van der Waals surface area (Å²) in [4.78, 5) is 68.2. The van der Waals surface area contributed by atoms with E-state index in [1.165, 1.54) is 12.5 Å². The number of aromatic nitrogens is 2. The largest absolute Gasteiger partial charge is 0.480 e. The highest BCUT2D eigenvalue weighted by atomic mass is 16.4. The summed E-state index contributed by atoms with van der Waals surface area (Å²) in [6.45, 7) is 1.15. The summed E-state index contributed by atoms with van der Waals surface area (Å²) in [6, 6.07) is 3.19. The second-order valence-electron chi connectivity index (χ2n) is 8.44. The van der Waals surface area contributed by atoms with E-state index < -0.39 is 66.3 Å². The van der Waals surface area contributed by atoms with Crippen LogP contribution in [0.5, 0.6) is 0 Å². The van der Waals surface area contributed by atoms with E-state index in [1.807, 2.05) is 0 Å². The molecule has 1 aromatic carbocycles. The molecule has 14 heteroatoms. The molecule has 0 spiro atoms. The molecule has 0 bridgehead atoms. The molecule has 2 aromatic rings. The molecule has 0 saturated carbocycles. The maximum absolute atomic E-state index is 13.2. The second kappa shape index (κ2) is 13.7. The highest BCUT2D eigenvalue weighted by Crippen LogP contribution is 2.06. The first-order chi connectivity index (χ1) is 17.5. The van der Waals surface area contributed by atoms with Crippen LogP contribution in [0.2, 0.25) is 0 Å². The van der Waals surface area contributed by atoms with Gasteiger partial charge in [-0.2, -0.15) is 0 Å². The number of imidazole rings is 1. The Kier molecular flexibility index (Phi) is 10.7. The number of aliphatic hydroxyl groups excluding tert-OH is 1. The Morgan fingerprint density at radius 2 is 1.59 bits per heavy atom. The Hall–Kier alpha value is -4.30. The maximum Gasteiger partial charge on any atom is 0.328 e. The van der Waals surface area contributed by atoms with Gasteiger partial charge in [-0.25, -0.2) is 9.78 Å². The summed E-state index contributed by atoms with van der Waals surface area (Å²) in [5, 5.41) is 25.8. The molecular formula is C23H31N7O7. The van der Waals surface area contributed by atoms with Crippen molar-refractivity contribution < 1.29 is 34.2 Å². The van der Waals surface area contributed by atoms with Gasteiger partial charge in [0.2, 0.25) is 23.6 Å². The molecule has 37 heavy (non-hydrogen) atoms. The van der Waals surface area contributed by atoms with Gasteiger partial charge in [-0.3, -0.25) is 19.2 Å². The van der Waals surface area contributed by atoms with Crippen molar-refractivity contribution >= 4 is 29.6 Å². The number of aliphatic hydroxyl groups is 1. The first-order valence-electron chi connectivity index (χ1n) is 11.3. The van der Waals surface area contributed by atoms with Crippen molar-refractivity contribution in [3.63, 3.8) is 0 Å². The van der Waals surface area contributed by atoms with Crippen LogP contribution in [0, 0.1) is 0 Å². The van der Waals surface area contributed by atoms with Crippen LogP contribution in [0.15, 0.2) is 42.9 Å². The third-order valence-electron chi connectivity index (χ3n) is 5.33. The molecular weight excluding hydrogens is 486 g/mol. The predicted molar refractivity (Wildman–Crippen MR) is 129 cm³/mol. The quantitative estimate of drug-likeness (QED) is 0.130. The van der Waals surface area contributed by atoms with Gasteiger partial charge >= 0.3 is 5.97 Å². The van der Waals surface area contributed by atoms with E-state index in [2.05, 4.69) is 25.9 Å². The lowest BCUT2D eigenvalue weighted by Gasteiger charge is -2.25. The smallest absolute Gasteiger partial charge is 0.328 e. The summed E-state index contributed by atoms with van der Waals surface area (Å²) in [6.07, 6.45) is 0.954. The van der Waals surface area contributed by atoms with E-state index in [0.29, 0.717) is 11.3 Å². The summed E-state index contributed by atoms with van der Waals surface area (Å²) >= 11 is 0. The lowest BCUT2D eigenvalue weighted by atomic mass is 10.0. The number of carboxylic acid groups (broad SMARTS) is 1. The van der Waals surface area contributed by atoms with Gasteiger partial charge in [0.05, 0.1) is 24.9 Å². The topological polar surface area (TPSA) is 243 Å². The molecule has 0 radical (unpaired) electrons. The average molecular weight is 518 g/mol. The first kappa shape index (κ1) is 28.9. The van der Waals surface area contributed by atoms with Crippen molar-refractivity contribution in [1.82, 2.24) is 25.9 Å². The number of hydrogen-bond acceptors (Lipinski definition) is 8. The first-order valence-corrected chi connectivity index (χ1v) is 11.3. The van der Waals surface area contributed by atoms with Gasteiger partial charge in [0.15, 0.2) is 6.04 Å². The van der Waals surface area contributed by atoms with Crippen molar-refractivity contribution in [2.45, 2.75) is 56.5 Å². The molecule has 14 nitrogen and oxygen atoms in total. The standard InChI is InChI=1S/C23H31N7O7/c1-12(31)19(23(36)37)30-22(35)17(9-18(25)32)29-21(34)16(7-13-5-3-2-4-6-13)28-20(33)15(24)8-14-10-26-11-27-14/h2-6,10-12,15-17,19,31H,7-9,24H2,1H3,(H2,25,32)(H,26,27)(H,28,33)(H,29,34)(H,30,35)(H,36,37). The van der Waals surface area contributed by atoms with Gasteiger partial charge in [0.25, 0.3) is 0 Å². The summed E-state index contributed by atoms with van der Waals surface area (Å²) < 4.78 is 0. The van der Waals surface area contributed by atoms with Gasteiger partial charge in [-0.05, 0) is 12.5 Å². The molecule has 0 saturated heterocycles. The minimum Gasteiger partial charge on any atom is -0.480 e. The number of carbonyl (C=O) groups excluding carboxylic acids is 4. The van der Waals surface area contributed by atoms with Crippen molar-refractivity contribution in [1.29, 1.82) is 0 Å². The lowest BCUT2D eigenvalue weighted by Crippen LogP contribution is -2.59. The zero-order valence-corrected chi connectivity index (χ0v) is 20.1. The minimum absolute atomic E-state index is 0.0194. The number of nitrogens with two attached hydrogens (primary N) is 2. The summed E-state index contributed by atoms with van der Waals surface area (Å²) in [7, 11) is 0. The van der Waals surface area contributed by atoms with Gasteiger partial charge in [0, 0.05) is 24.7 Å². The van der Waals surface area contributed by atoms with Crippen LogP contribution < -0.4 is 27.4 Å². The number of amides is 4. The fraction of sp³-hybridized carbons (Fsp3) is 0.391. The third kappa shape index (κ3) is 9.35. The predicted octanol–water partition coefficient (Wildman–Crippen LogP) is -2.68. The SMILES string of the molecule is CC(O)C(NC(=O)C(CC(N)=O)NC(=O)C(Cc1ccccc1)NC(=O)C(N)Cc1cnc[nH]1)C(=O)O. The van der Waals surface area contributed by atoms with E-state index in [9.17, 15) is 34.2 Å². The number of rotatable bonds is 14. The van der Waals surface area contributed by atoms with Gasteiger partial charge in [-0.15, -0.1) is 0 Å². The number of nitrogens with one attached hydrogen (secondary N) is 4. The third-order valence-corrected chi connectivity index (χ3v) is 5.33. The molecule has 1 aromatic heterocycles. The number of carboxylic acids is 1. The monoisotopic (exact) mass is 517 g/mol. The van der Waals surface area contributed by atoms with Crippen LogP contribution in [-0.2, 0) is 36.8 Å². The Bertz CT molecular complexity index is 1080. The Labute approximate surface area is 212 Å².